The second-order valence-electron chi connectivity index (χ2n) is 4.73. The minimum Gasteiger partial charge on any atom is -0.394 e. The zero-order valence-electron chi connectivity index (χ0n) is 11.1. The third-order valence-electron chi connectivity index (χ3n) is 2.44. The first-order valence-electron chi connectivity index (χ1n) is 5.99. The van der Waals surface area contributed by atoms with E-state index in [4.69, 9.17) is 4.74 Å². The summed E-state index contributed by atoms with van der Waals surface area (Å²) in [6.45, 7) is 7.34. The monoisotopic (exact) mass is 249 g/mol. The van der Waals surface area contributed by atoms with Crippen LogP contribution in [0.2, 0.25) is 0 Å². The molecule has 0 aliphatic carbocycles. The fourth-order valence-corrected chi connectivity index (χ4v) is 2.54. The van der Waals surface area contributed by atoms with Crippen LogP contribution < -0.4 is 5.32 Å². The Hall–Kier alpha value is 0.230. The Kier molecular flexibility index (Phi) is 9.41. The van der Waals surface area contributed by atoms with Crippen LogP contribution >= 0.6 is 11.8 Å². The van der Waals surface area contributed by atoms with E-state index in [1.165, 1.54) is 0 Å². The molecular formula is C12H27NO2S. The topological polar surface area (TPSA) is 41.5 Å². The van der Waals surface area contributed by atoms with Gasteiger partial charge in [0.1, 0.15) is 0 Å². The molecule has 0 aromatic carbocycles. The highest BCUT2D eigenvalue weighted by Gasteiger charge is 2.22. The van der Waals surface area contributed by atoms with E-state index < -0.39 is 0 Å². The first kappa shape index (κ1) is 16.2. The van der Waals surface area contributed by atoms with E-state index in [0.29, 0.717) is 6.04 Å². The van der Waals surface area contributed by atoms with Gasteiger partial charge in [0.15, 0.2) is 0 Å². The Morgan fingerprint density at radius 2 is 2.06 bits per heavy atom. The molecule has 0 aromatic heterocycles. The molecule has 0 saturated carbocycles. The lowest BCUT2D eigenvalue weighted by Crippen LogP contribution is -2.49. The number of methoxy groups -OCH3 is 1. The Balaban J connectivity index is 3.61. The third kappa shape index (κ3) is 8.39. The summed E-state index contributed by atoms with van der Waals surface area (Å²) in [6.07, 6.45) is 2.15. The number of hydrogen-bond acceptors (Lipinski definition) is 4. The van der Waals surface area contributed by atoms with Gasteiger partial charge in [-0.2, -0.15) is 11.8 Å². The standard InChI is InChI=1S/C12H27NO2S/c1-11(2)13-12(3,10-14)6-5-8-16-9-7-15-4/h11,13-14H,5-10H2,1-4H3. The molecule has 1 unspecified atom stereocenters. The van der Waals surface area contributed by atoms with E-state index >= 15 is 0 Å². The molecule has 0 amide bonds. The van der Waals surface area contributed by atoms with Gasteiger partial charge in [-0.1, -0.05) is 13.8 Å². The predicted molar refractivity (Wildman–Crippen MR) is 72.2 cm³/mol. The van der Waals surface area contributed by atoms with Gasteiger partial charge in [0.05, 0.1) is 13.2 Å². The lowest BCUT2D eigenvalue weighted by molar-refractivity contribution is 0.156. The molecule has 0 heterocycles. The minimum absolute atomic E-state index is 0.129. The molecule has 4 heteroatoms. The van der Waals surface area contributed by atoms with Crippen LogP contribution in [0.15, 0.2) is 0 Å². The first-order valence-corrected chi connectivity index (χ1v) is 7.15. The fraction of sp³-hybridized carbons (Fsp3) is 1.00. The third-order valence-corrected chi connectivity index (χ3v) is 3.47. The lowest BCUT2D eigenvalue weighted by Gasteiger charge is -2.31. The average molecular weight is 249 g/mol. The summed E-state index contributed by atoms with van der Waals surface area (Å²) < 4.78 is 4.99. The molecule has 0 aromatic rings. The first-order chi connectivity index (χ1) is 7.54. The zero-order chi connectivity index (χ0) is 12.4. The summed E-state index contributed by atoms with van der Waals surface area (Å²) in [7, 11) is 1.73. The van der Waals surface area contributed by atoms with Gasteiger partial charge in [0, 0.05) is 24.4 Å². The molecule has 0 aliphatic heterocycles. The van der Waals surface area contributed by atoms with Crippen molar-refractivity contribution in [2.24, 2.45) is 0 Å². The van der Waals surface area contributed by atoms with E-state index in [-0.39, 0.29) is 12.1 Å². The molecular weight excluding hydrogens is 222 g/mol. The van der Waals surface area contributed by atoms with Crippen LogP contribution in [0.4, 0.5) is 0 Å². The van der Waals surface area contributed by atoms with Crippen molar-refractivity contribution in [2.75, 3.05) is 31.8 Å². The average Bonchev–Trinajstić information content (AvgIpc) is 2.22. The predicted octanol–water partition coefficient (Wildman–Crippen LogP) is 1.90. The Bertz CT molecular complexity index is 167. The van der Waals surface area contributed by atoms with Crippen molar-refractivity contribution in [3.05, 3.63) is 0 Å². The molecule has 0 spiro atoms. The van der Waals surface area contributed by atoms with Crippen molar-refractivity contribution in [3.8, 4) is 0 Å². The van der Waals surface area contributed by atoms with Gasteiger partial charge in [0.25, 0.3) is 0 Å². The number of aliphatic hydroxyl groups excluding tert-OH is 1. The molecule has 0 radical (unpaired) electrons. The van der Waals surface area contributed by atoms with Crippen LogP contribution in [0.25, 0.3) is 0 Å². The number of rotatable bonds is 10. The van der Waals surface area contributed by atoms with Crippen molar-refractivity contribution in [1.82, 2.24) is 5.32 Å². The van der Waals surface area contributed by atoms with E-state index in [2.05, 4.69) is 26.1 Å². The molecule has 0 bridgehead atoms. The van der Waals surface area contributed by atoms with Crippen LogP contribution in [0.1, 0.15) is 33.6 Å². The number of aliphatic hydroxyl groups is 1. The summed E-state index contributed by atoms with van der Waals surface area (Å²) in [5, 5.41) is 12.8. The van der Waals surface area contributed by atoms with Crippen molar-refractivity contribution < 1.29 is 9.84 Å². The molecule has 0 fully saturated rings. The van der Waals surface area contributed by atoms with E-state index in [1.807, 2.05) is 11.8 Å². The SMILES string of the molecule is COCCSCCCC(C)(CO)NC(C)C. The Morgan fingerprint density at radius 1 is 1.38 bits per heavy atom. The Morgan fingerprint density at radius 3 is 2.56 bits per heavy atom. The van der Waals surface area contributed by atoms with Gasteiger partial charge < -0.3 is 15.2 Å². The van der Waals surface area contributed by atoms with Gasteiger partial charge in [-0.05, 0) is 25.5 Å². The number of nitrogens with one attached hydrogen (secondary N) is 1. The largest absolute Gasteiger partial charge is 0.394 e. The molecule has 3 nitrogen and oxygen atoms in total. The van der Waals surface area contributed by atoms with Gasteiger partial charge in [-0.15, -0.1) is 0 Å². The summed E-state index contributed by atoms with van der Waals surface area (Å²) >= 11 is 1.91. The van der Waals surface area contributed by atoms with E-state index in [1.54, 1.807) is 7.11 Å². The zero-order valence-corrected chi connectivity index (χ0v) is 11.9. The fourth-order valence-electron chi connectivity index (χ4n) is 1.70. The van der Waals surface area contributed by atoms with E-state index in [9.17, 15) is 5.11 Å². The van der Waals surface area contributed by atoms with Crippen LogP contribution in [0, 0.1) is 0 Å². The van der Waals surface area contributed by atoms with Crippen molar-refractivity contribution >= 4 is 11.8 Å². The maximum atomic E-state index is 9.39. The van der Waals surface area contributed by atoms with Crippen LogP contribution in [0.3, 0.4) is 0 Å². The second-order valence-corrected chi connectivity index (χ2v) is 5.95. The van der Waals surface area contributed by atoms with E-state index in [0.717, 1.165) is 31.0 Å². The summed E-state index contributed by atoms with van der Waals surface area (Å²) in [5.41, 5.74) is -0.129. The normalized spacial score (nSPS) is 15.4. The smallest absolute Gasteiger partial charge is 0.0610 e. The highest BCUT2D eigenvalue weighted by molar-refractivity contribution is 7.99. The highest BCUT2D eigenvalue weighted by atomic mass is 32.2. The van der Waals surface area contributed by atoms with Crippen LogP contribution in [-0.2, 0) is 4.74 Å². The molecule has 1 atom stereocenters. The lowest BCUT2D eigenvalue weighted by atomic mass is 9.96. The molecule has 2 N–H and O–H groups in total. The summed E-state index contributed by atoms with van der Waals surface area (Å²) in [6, 6.07) is 0.415. The maximum Gasteiger partial charge on any atom is 0.0610 e. The Labute approximate surface area is 104 Å². The molecule has 0 aliphatic rings. The molecule has 16 heavy (non-hydrogen) atoms. The maximum absolute atomic E-state index is 9.39. The number of thioether (sulfide) groups is 1. The molecule has 98 valence electrons. The number of ether oxygens (including phenoxy) is 1. The summed E-state index contributed by atoms with van der Waals surface area (Å²) in [4.78, 5) is 0. The minimum atomic E-state index is -0.129. The van der Waals surface area contributed by atoms with Crippen LogP contribution in [-0.4, -0.2) is 48.5 Å². The van der Waals surface area contributed by atoms with Crippen molar-refractivity contribution in [1.29, 1.82) is 0 Å². The van der Waals surface area contributed by atoms with Crippen molar-refractivity contribution in [2.45, 2.75) is 45.2 Å². The van der Waals surface area contributed by atoms with Crippen molar-refractivity contribution in [3.63, 3.8) is 0 Å². The molecule has 0 saturated heterocycles. The van der Waals surface area contributed by atoms with Gasteiger partial charge in [0.2, 0.25) is 0 Å². The van der Waals surface area contributed by atoms with Gasteiger partial charge >= 0.3 is 0 Å². The second kappa shape index (κ2) is 9.28. The van der Waals surface area contributed by atoms with Gasteiger partial charge in [-0.3, -0.25) is 0 Å². The van der Waals surface area contributed by atoms with Crippen LogP contribution in [0.5, 0.6) is 0 Å². The summed E-state index contributed by atoms with van der Waals surface area (Å²) in [5.74, 6) is 2.20. The number of hydrogen-bond donors (Lipinski definition) is 2. The molecule has 0 rings (SSSR count). The quantitative estimate of drug-likeness (QED) is 0.580. The highest BCUT2D eigenvalue weighted by Crippen LogP contribution is 2.15. The van der Waals surface area contributed by atoms with Gasteiger partial charge in [-0.25, -0.2) is 0 Å².